The minimum Gasteiger partial charge on any atom is -0.389 e. The average Bonchev–Trinajstić information content (AvgIpc) is 2.83. The number of thiazole rings is 1. The van der Waals surface area contributed by atoms with Crippen LogP contribution in [0.15, 0.2) is 30.7 Å². The summed E-state index contributed by atoms with van der Waals surface area (Å²) < 4.78 is 0. The Kier molecular flexibility index (Phi) is 1.72. The molecule has 0 saturated carbocycles. The molecule has 0 spiro atoms. The molecular weight excluding hydrogens is 208 g/mol. The second kappa shape index (κ2) is 3.06. The van der Waals surface area contributed by atoms with Gasteiger partial charge in [-0.2, -0.15) is 0 Å². The number of nitrogens with two attached hydrogens (primary N) is 1. The fourth-order valence-electron chi connectivity index (χ4n) is 1.54. The lowest BCUT2D eigenvalue weighted by atomic mass is 10.2. The quantitative estimate of drug-likeness (QED) is 0.655. The molecule has 3 N–H and O–H groups in total. The number of hydrogen-bond acceptors (Lipinski definition) is 4. The smallest absolute Gasteiger partial charge is 0.137 e. The zero-order valence-corrected chi connectivity index (χ0v) is 8.58. The topological polar surface area (TPSA) is 67.6 Å². The maximum absolute atomic E-state index is 5.66. The van der Waals surface area contributed by atoms with Crippen LogP contribution >= 0.6 is 11.3 Å². The summed E-state index contributed by atoms with van der Waals surface area (Å²) in [5.41, 5.74) is 7.59. The summed E-state index contributed by atoms with van der Waals surface area (Å²) in [5.74, 6) is 0. The SMILES string of the molecule is Nc1cnc(-c2c[nH]c3ncccc23)s1. The van der Waals surface area contributed by atoms with Gasteiger partial charge >= 0.3 is 0 Å². The predicted octanol–water partition coefficient (Wildman–Crippen LogP) is 2.27. The van der Waals surface area contributed by atoms with Crippen molar-refractivity contribution in [3.05, 3.63) is 30.7 Å². The van der Waals surface area contributed by atoms with Gasteiger partial charge in [0.15, 0.2) is 0 Å². The van der Waals surface area contributed by atoms with Crippen LogP contribution in [0.4, 0.5) is 5.00 Å². The van der Waals surface area contributed by atoms with Crippen LogP contribution in [0.3, 0.4) is 0 Å². The van der Waals surface area contributed by atoms with Crippen molar-refractivity contribution in [3.63, 3.8) is 0 Å². The fraction of sp³-hybridized carbons (Fsp3) is 0. The molecule has 0 bridgehead atoms. The number of pyridine rings is 1. The lowest BCUT2D eigenvalue weighted by molar-refractivity contribution is 1.32. The van der Waals surface area contributed by atoms with Gasteiger partial charge in [-0.1, -0.05) is 11.3 Å². The zero-order chi connectivity index (χ0) is 10.3. The maximum atomic E-state index is 5.66. The van der Waals surface area contributed by atoms with E-state index >= 15 is 0 Å². The molecule has 3 heterocycles. The van der Waals surface area contributed by atoms with Crippen molar-refractivity contribution in [1.29, 1.82) is 0 Å². The number of fused-ring (bicyclic) bond motifs is 1. The van der Waals surface area contributed by atoms with E-state index in [4.69, 9.17) is 5.73 Å². The highest BCUT2D eigenvalue weighted by atomic mass is 32.1. The maximum Gasteiger partial charge on any atom is 0.137 e. The molecule has 3 aromatic heterocycles. The lowest BCUT2D eigenvalue weighted by Gasteiger charge is -1.91. The molecule has 0 amide bonds. The summed E-state index contributed by atoms with van der Waals surface area (Å²) in [4.78, 5) is 11.6. The molecule has 3 aromatic rings. The molecule has 4 nitrogen and oxygen atoms in total. The van der Waals surface area contributed by atoms with Crippen molar-refractivity contribution in [2.75, 3.05) is 5.73 Å². The van der Waals surface area contributed by atoms with Crippen LogP contribution in [0.1, 0.15) is 0 Å². The normalized spacial score (nSPS) is 10.9. The van der Waals surface area contributed by atoms with Crippen LogP contribution < -0.4 is 5.73 Å². The Morgan fingerprint density at radius 1 is 1.33 bits per heavy atom. The molecule has 0 aromatic carbocycles. The summed E-state index contributed by atoms with van der Waals surface area (Å²) in [7, 11) is 0. The van der Waals surface area contributed by atoms with Gasteiger partial charge in [0.2, 0.25) is 0 Å². The van der Waals surface area contributed by atoms with Gasteiger partial charge in [-0.25, -0.2) is 9.97 Å². The zero-order valence-electron chi connectivity index (χ0n) is 7.77. The van der Waals surface area contributed by atoms with Gasteiger partial charge in [0.05, 0.1) is 6.20 Å². The molecular formula is C10H8N4S. The van der Waals surface area contributed by atoms with Crippen molar-refractivity contribution in [3.8, 4) is 10.6 Å². The molecule has 0 aliphatic carbocycles. The molecule has 0 radical (unpaired) electrons. The standard InChI is InChI=1S/C10H8N4S/c11-8-5-14-10(15-8)7-4-13-9-6(7)2-1-3-12-9/h1-5H,11H2,(H,12,13). The third kappa shape index (κ3) is 1.28. The largest absolute Gasteiger partial charge is 0.389 e. The molecule has 5 heteroatoms. The van der Waals surface area contributed by atoms with Gasteiger partial charge in [0, 0.05) is 23.3 Å². The van der Waals surface area contributed by atoms with Gasteiger partial charge in [-0.15, -0.1) is 0 Å². The van der Waals surface area contributed by atoms with E-state index in [2.05, 4.69) is 15.0 Å². The molecule has 3 rings (SSSR count). The number of hydrogen-bond donors (Lipinski definition) is 2. The Labute approximate surface area is 89.8 Å². The Bertz CT molecular complexity index is 610. The van der Waals surface area contributed by atoms with Crippen LogP contribution in [0.25, 0.3) is 21.6 Å². The summed E-state index contributed by atoms with van der Waals surface area (Å²) >= 11 is 1.48. The second-order valence-corrected chi connectivity index (χ2v) is 4.23. The molecule has 0 unspecified atom stereocenters. The number of rotatable bonds is 1. The molecule has 0 saturated heterocycles. The van der Waals surface area contributed by atoms with Gasteiger partial charge in [0.1, 0.15) is 15.7 Å². The van der Waals surface area contributed by atoms with E-state index in [9.17, 15) is 0 Å². The van der Waals surface area contributed by atoms with Crippen molar-refractivity contribution in [2.45, 2.75) is 0 Å². The number of aromatic nitrogens is 3. The number of H-pyrrole nitrogens is 1. The lowest BCUT2D eigenvalue weighted by Crippen LogP contribution is -1.74. The van der Waals surface area contributed by atoms with Crippen molar-refractivity contribution >= 4 is 27.4 Å². The number of aromatic amines is 1. The van der Waals surface area contributed by atoms with Crippen LogP contribution in [0, 0.1) is 0 Å². The Morgan fingerprint density at radius 2 is 2.27 bits per heavy atom. The summed E-state index contributed by atoms with van der Waals surface area (Å²) in [6.07, 6.45) is 5.35. The van der Waals surface area contributed by atoms with E-state index < -0.39 is 0 Å². The van der Waals surface area contributed by atoms with Crippen LogP contribution in [-0.2, 0) is 0 Å². The monoisotopic (exact) mass is 216 g/mol. The first-order valence-electron chi connectivity index (χ1n) is 4.48. The summed E-state index contributed by atoms with van der Waals surface area (Å²) in [6.45, 7) is 0. The number of anilines is 1. The third-order valence-electron chi connectivity index (χ3n) is 2.21. The number of nitrogens with zero attached hydrogens (tertiary/aromatic N) is 2. The first-order valence-corrected chi connectivity index (χ1v) is 5.30. The molecule has 0 atom stereocenters. The summed E-state index contributed by atoms with van der Waals surface area (Å²) in [6, 6.07) is 3.93. The van der Waals surface area contributed by atoms with Crippen LogP contribution in [0.2, 0.25) is 0 Å². The first kappa shape index (κ1) is 8.43. The van der Waals surface area contributed by atoms with Gasteiger partial charge in [-0.05, 0) is 12.1 Å². The Hall–Kier alpha value is -1.88. The predicted molar refractivity (Wildman–Crippen MR) is 61.6 cm³/mol. The highest BCUT2D eigenvalue weighted by Crippen LogP contribution is 2.31. The van der Waals surface area contributed by atoms with Gasteiger partial charge < -0.3 is 10.7 Å². The Balaban J connectivity index is 2.27. The minimum atomic E-state index is 0.725. The summed E-state index contributed by atoms with van der Waals surface area (Å²) in [5, 5.41) is 2.72. The average molecular weight is 216 g/mol. The highest BCUT2D eigenvalue weighted by molar-refractivity contribution is 7.18. The third-order valence-corrected chi connectivity index (χ3v) is 3.06. The fourth-order valence-corrected chi connectivity index (χ4v) is 2.26. The highest BCUT2D eigenvalue weighted by Gasteiger charge is 2.09. The molecule has 74 valence electrons. The first-order chi connectivity index (χ1) is 7.34. The van der Waals surface area contributed by atoms with Gasteiger partial charge in [-0.3, -0.25) is 0 Å². The van der Waals surface area contributed by atoms with Gasteiger partial charge in [0.25, 0.3) is 0 Å². The van der Waals surface area contributed by atoms with E-state index in [1.54, 1.807) is 12.4 Å². The van der Waals surface area contributed by atoms with Crippen molar-refractivity contribution in [2.24, 2.45) is 0 Å². The van der Waals surface area contributed by atoms with E-state index in [0.717, 1.165) is 26.6 Å². The molecule has 0 fully saturated rings. The van der Waals surface area contributed by atoms with Crippen LogP contribution in [-0.4, -0.2) is 15.0 Å². The number of nitrogens with one attached hydrogen (secondary N) is 1. The van der Waals surface area contributed by atoms with E-state index in [-0.39, 0.29) is 0 Å². The Morgan fingerprint density at radius 3 is 3.07 bits per heavy atom. The van der Waals surface area contributed by atoms with Crippen molar-refractivity contribution in [1.82, 2.24) is 15.0 Å². The molecule has 0 aliphatic heterocycles. The minimum absolute atomic E-state index is 0.725. The van der Waals surface area contributed by atoms with Crippen molar-refractivity contribution < 1.29 is 0 Å². The molecule has 15 heavy (non-hydrogen) atoms. The van der Waals surface area contributed by atoms with E-state index in [0.29, 0.717) is 0 Å². The van der Waals surface area contributed by atoms with E-state index in [1.807, 2.05) is 18.3 Å². The number of nitrogen functional groups attached to an aromatic ring is 1. The van der Waals surface area contributed by atoms with E-state index in [1.165, 1.54) is 11.3 Å². The van der Waals surface area contributed by atoms with Crippen LogP contribution in [0.5, 0.6) is 0 Å². The second-order valence-electron chi connectivity index (χ2n) is 3.17. The molecule has 0 aliphatic rings.